The van der Waals surface area contributed by atoms with Crippen LogP contribution in [0.5, 0.6) is 5.75 Å². The van der Waals surface area contributed by atoms with Gasteiger partial charge < -0.3 is 10.5 Å². The van der Waals surface area contributed by atoms with Gasteiger partial charge in [-0.15, -0.1) is 0 Å². The van der Waals surface area contributed by atoms with E-state index in [9.17, 15) is 0 Å². The molecule has 0 heterocycles. The molecule has 3 nitrogen and oxygen atoms in total. The third-order valence-corrected chi connectivity index (χ3v) is 4.78. The van der Waals surface area contributed by atoms with Gasteiger partial charge in [0.2, 0.25) is 0 Å². The van der Waals surface area contributed by atoms with E-state index in [1.54, 1.807) is 7.11 Å². The summed E-state index contributed by atoms with van der Waals surface area (Å²) in [5, 5.41) is 8.38. The zero-order valence-corrected chi connectivity index (χ0v) is 11.6. The van der Waals surface area contributed by atoms with Crippen LogP contribution in [-0.4, -0.2) is 18.2 Å². The first-order chi connectivity index (χ1) is 8.70. The SMILES string of the molecule is COc1ccc(CSC2CCCC2)cc1C(=N)N. The van der Waals surface area contributed by atoms with Gasteiger partial charge in [-0.1, -0.05) is 18.9 Å². The Morgan fingerprint density at radius 1 is 1.44 bits per heavy atom. The minimum absolute atomic E-state index is 0.0690. The number of thioether (sulfide) groups is 1. The molecule has 0 bridgehead atoms. The van der Waals surface area contributed by atoms with E-state index in [0.717, 1.165) is 11.0 Å². The van der Waals surface area contributed by atoms with Crippen molar-refractivity contribution in [3.63, 3.8) is 0 Å². The fourth-order valence-electron chi connectivity index (χ4n) is 2.32. The third-order valence-electron chi connectivity index (χ3n) is 3.34. The second kappa shape index (κ2) is 6.14. The lowest BCUT2D eigenvalue weighted by atomic mass is 10.1. The van der Waals surface area contributed by atoms with E-state index in [4.69, 9.17) is 15.9 Å². The van der Waals surface area contributed by atoms with Gasteiger partial charge in [-0.05, 0) is 30.5 Å². The van der Waals surface area contributed by atoms with Crippen molar-refractivity contribution < 1.29 is 4.74 Å². The second-order valence-electron chi connectivity index (χ2n) is 4.67. The van der Waals surface area contributed by atoms with Crippen LogP contribution in [0.3, 0.4) is 0 Å². The van der Waals surface area contributed by atoms with Crippen molar-refractivity contribution in [2.75, 3.05) is 7.11 Å². The predicted molar refractivity (Wildman–Crippen MR) is 77.6 cm³/mol. The lowest BCUT2D eigenvalue weighted by Crippen LogP contribution is -2.13. The van der Waals surface area contributed by atoms with E-state index in [2.05, 4.69) is 6.07 Å². The summed E-state index contributed by atoms with van der Waals surface area (Å²) in [6.45, 7) is 0. The second-order valence-corrected chi connectivity index (χ2v) is 5.95. The fraction of sp³-hybridized carbons (Fsp3) is 0.500. The average Bonchev–Trinajstić information content (AvgIpc) is 2.89. The van der Waals surface area contributed by atoms with Gasteiger partial charge in [0.15, 0.2) is 0 Å². The summed E-state index contributed by atoms with van der Waals surface area (Å²) in [4.78, 5) is 0. The molecule has 1 fully saturated rings. The van der Waals surface area contributed by atoms with Crippen molar-refractivity contribution in [3.05, 3.63) is 29.3 Å². The monoisotopic (exact) mass is 264 g/mol. The number of hydrogen-bond donors (Lipinski definition) is 2. The van der Waals surface area contributed by atoms with E-state index < -0.39 is 0 Å². The van der Waals surface area contributed by atoms with Crippen molar-refractivity contribution in [3.8, 4) is 5.75 Å². The highest BCUT2D eigenvalue weighted by Crippen LogP contribution is 2.32. The lowest BCUT2D eigenvalue weighted by molar-refractivity contribution is 0.413. The van der Waals surface area contributed by atoms with Crippen LogP contribution in [0.4, 0.5) is 0 Å². The quantitative estimate of drug-likeness (QED) is 0.634. The van der Waals surface area contributed by atoms with Crippen LogP contribution < -0.4 is 10.5 Å². The van der Waals surface area contributed by atoms with Gasteiger partial charge in [0.1, 0.15) is 11.6 Å². The molecule has 1 aromatic rings. The molecule has 0 saturated heterocycles. The van der Waals surface area contributed by atoms with Crippen LogP contribution >= 0.6 is 11.8 Å². The highest BCUT2D eigenvalue weighted by molar-refractivity contribution is 7.99. The molecule has 1 aliphatic rings. The van der Waals surface area contributed by atoms with Crippen LogP contribution in [0, 0.1) is 5.41 Å². The van der Waals surface area contributed by atoms with Crippen molar-refractivity contribution in [1.82, 2.24) is 0 Å². The van der Waals surface area contributed by atoms with Crippen LogP contribution in [0.25, 0.3) is 0 Å². The maximum absolute atomic E-state index is 7.57. The van der Waals surface area contributed by atoms with Gasteiger partial charge >= 0.3 is 0 Å². The standard InChI is InChI=1S/C14H20N2OS/c1-17-13-7-6-10(8-12(13)14(15)16)9-18-11-4-2-3-5-11/h6-8,11H,2-5,9H2,1H3,(H3,15,16). The molecule has 0 unspecified atom stereocenters. The summed E-state index contributed by atoms with van der Waals surface area (Å²) in [6.07, 6.45) is 5.44. The highest BCUT2D eigenvalue weighted by Gasteiger charge is 2.15. The molecule has 4 heteroatoms. The van der Waals surface area contributed by atoms with Crippen LogP contribution in [0.1, 0.15) is 36.8 Å². The minimum atomic E-state index is 0.0690. The van der Waals surface area contributed by atoms with Crippen molar-refractivity contribution in [1.29, 1.82) is 5.41 Å². The number of methoxy groups -OCH3 is 1. The van der Waals surface area contributed by atoms with E-state index >= 15 is 0 Å². The average molecular weight is 264 g/mol. The van der Waals surface area contributed by atoms with Gasteiger partial charge in [0, 0.05) is 11.0 Å². The first kappa shape index (κ1) is 13.3. The van der Waals surface area contributed by atoms with Gasteiger partial charge in [0.25, 0.3) is 0 Å². The zero-order valence-electron chi connectivity index (χ0n) is 10.7. The van der Waals surface area contributed by atoms with E-state index in [0.29, 0.717) is 11.3 Å². The van der Waals surface area contributed by atoms with Crippen molar-refractivity contribution >= 4 is 17.6 Å². The topological polar surface area (TPSA) is 59.1 Å². The van der Waals surface area contributed by atoms with Crippen molar-refractivity contribution in [2.24, 2.45) is 5.73 Å². The lowest BCUT2D eigenvalue weighted by Gasteiger charge is -2.11. The summed E-state index contributed by atoms with van der Waals surface area (Å²) >= 11 is 2.02. The molecule has 1 aromatic carbocycles. The Bertz CT molecular complexity index is 428. The molecular formula is C14H20N2OS. The Morgan fingerprint density at radius 3 is 2.78 bits per heavy atom. The van der Waals surface area contributed by atoms with E-state index in [1.807, 2.05) is 23.9 Å². The molecular weight excluding hydrogens is 244 g/mol. The summed E-state index contributed by atoms with van der Waals surface area (Å²) in [7, 11) is 1.61. The molecule has 3 N–H and O–H groups in total. The Hall–Kier alpha value is -1.16. The number of nitrogens with one attached hydrogen (secondary N) is 1. The van der Waals surface area contributed by atoms with Crippen molar-refractivity contribution in [2.45, 2.75) is 36.7 Å². The molecule has 18 heavy (non-hydrogen) atoms. The number of benzene rings is 1. The maximum Gasteiger partial charge on any atom is 0.129 e. The number of hydrogen-bond acceptors (Lipinski definition) is 3. The Balaban J connectivity index is 2.04. The maximum atomic E-state index is 7.57. The molecule has 0 aromatic heterocycles. The zero-order chi connectivity index (χ0) is 13.0. The number of rotatable bonds is 5. The van der Waals surface area contributed by atoms with Gasteiger partial charge in [-0.25, -0.2) is 0 Å². The van der Waals surface area contributed by atoms with Crippen LogP contribution in [0.2, 0.25) is 0 Å². The molecule has 0 spiro atoms. The molecule has 0 radical (unpaired) electrons. The smallest absolute Gasteiger partial charge is 0.129 e. The third kappa shape index (κ3) is 3.19. The number of nitrogen functional groups attached to an aromatic ring is 1. The Labute approximate surface area is 113 Å². The van der Waals surface area contributed by atoms with Gasteiger partial charge in [-0.3, -0.25) is 5.41 Å². The van der Waals surface area contributed by atoms with Crippen LogP contribution in [0.15, 0.2) is 18.2 Å². The molecule has 1 aliphatic carbocycles. The van der Waals surface area contributed by atoms with Crippen LogP contribution in [-0.2, 0) is 5.75 Å². The molecule has 0 atom stereocenters. The predicted octanol–water partition coefficient (Wildman–Crippen LogP) is 3.16. The molecule has 1 saturated carbocycles. The first-order valence-corrected chi connectivity index (χ1v) is 7.38. The fourth-order valence-corrected chi connectivity index (χ4v) is 3.60. The molecule has 0 aliphatic heterocycles. The first-order valence-electron chi connectivity index (χ1n) is 6.33. The highest BCUT2D eigenvalue weighted by atomic mass is 32.2. The largest absolute Gasteiger partial charge is 0.496 e. The van der Waals surface area contributed by atoms with E-state index in [1.165, 1.54) is 31.2 Å². The summed E-state index contributed by atoms with van der Waals surface area (Å²) in [6, 6.07) is 5.94. The molecule has 2 rings (SSSR count). The number of ether oxygens (including phenoxy) is 1. The Kier molecular flexibility index (Phi) is 4.53. The molecule has 98 valence electrons. The summed E-state index contributed by atoms with van der Waals surface area (Å²) < 4.78 is 5.21. The summed E-state index contributed by atoms with van der Waals surface area (Å²) in [5.74, 6) is 1.74. The summed E-state index contributed by atoms with van der Waals surface area (Å²) in [5.41, 5.74) is 7.49. The molecule has 0 amide bonds. The normalized spacial score (nSPS) is 15.8. The number of amidine groups is 1. The van der Waals surface area contributed by atoms with Gasteiger partial charge in [-0.2, -0.15) is 11.8 Å². The minimum Gasteiger partial charge on any atom is -0.496 e. The van der Waals surface area contributed by atoms with Gasteiger partial charge in [0.05, 0.1) is 12.7 Å². The Morgan fingerprint density at radius 2 is 2.17 bits per heavy atom. The number of nitrogens with two attached hydrogens (primary N) is 1. The van der Waals surface area contributed by atoms with E-state index in [-0.39, 0.29) is 5.84 Å².